The van der Waals surface area contributed by atoms with Gasteiger partial charge in [-0.15, -0.1) is 0 Å². The molecule has 2 rings (SSSR count). The van der Waals surface area contributed by atoms with Crippen LogP contribution in [0.5, 0.6) is 0 Å². The number of hydrogen-bond donors (Lipinski definition) is 0. The van der Waals surface area contributed by atoms with E-state index in [9.17, 15) is 19.7 Å². The summed E-state index contributed by atoms with van der Waals surface area (Å²) >= 11 is 11.7. The zero-order chi connectivity index (χ0) is 15.0. The summed E-state index contributed by atoms with van der Waals surface area (Å²) in [6.45, 7) is 2.11. The van der Waals surface area contributed by atoms with Gasteiger partial charge in [0.25, 0.3) is 11.6 Å². The summed E-state index contributed by atoms with van der Waals surface area (Å²) in [4.78, 5) is 35.2. The van der Waals surface area contributed by atoms with Crippen molar-refractivity contribution < 1.29 is 14.5 Å². The second kappa shape index (κ2) is 5.38. The van der Waals surface area contributed by atoms with Crippen molar-refractivity contribution in [1.82, 2.24) is 4.90 Å². The summed E-state index contributed by atoms with van der Waals surface area (Å²) in [5, 5.41) is 10.6. The molecule has 0 bridgehead atoms. The highest BCUT2D eigenvalue weighted by molar-refractivity contribution is 6.44. The third-order valence-electron chi connectivity index (χ3n) is 3.02. The first-order chi connectivity index (χ1) is 9.31. The molecular formula is C12H10Cl2N2O4. The molecule has 1 aromatic rings. The average Bonchev–Trinajstić information content (AvgIpc) is 2.70. The maximum Gasteiger partial charge on any atom is 0.271 e. The zero-order valence-electron chi connectivity index (χ0n) is 10.4. The molecule has 6 nitrogen and oxygen atoms in total. The van der Waals surface area contributed by atoms with Crippen molar-refractivity contribution in [2.24, 2.45) is 5.92 Å². The molecule has 0 radical (unpaired) electrons. The summed E-state index contributed by atoms with van der Waals surface area (Å²) < 4.78 is 0. The van der Waals surface area contributed by atoms with Gasteiger partial charge in [-0.1, -0.05) is 30.1 Å². The van der Waals surface area contributed by atoms with Crippen LogP contribution in [-0.2, 0) is 4.79 Å². The number of carbonyl (C=O) groups is 2. The van der Waals surface area contributed by atoms with Crippen molar-refractivity contribution in [3.05, 3.63) is 37.9 Å². The Hall–Kier alpha value is -1.66. The summed E-state index contributed by atoms with van der Waals surface area (Å²) in [6.07, 6.45) is 0.270. The fraction of sp³-hybridized carbons (Fsp3) is 0.333. The number of non-ortho nitro benzene ring substituents is 1. The van der Waals surface area contributed by atoms with Crippen LogP contribution in [0.3, 0.4) is 0 Å². The number of likely N-dealkylation sites (tertiary alicyclic amines) is 1. The average molecular weight is 317 g/mol. The topological polar surface area (TPSA) is 80.5 Å². The number of hydrogen-bond acceptors (Lipinski definition) is 4. The van der Waals surface area contributed by atoms with Crippen molar-refractivity contribution in [3.8, 4) is 0 Å². The van der Waals surface area contributed by atoms with Crippen molar-refractivity contribution in [2.45, 2.75) is 13.3 Å². The lowest BCUT2D eigenvalue weighted by Crippen LogP contribution is -2.32. The summed E-state index contributed by atoms with van der Waals surface area (Å²) in [7, 11) is 0. The first kappa shape index (κ1) is 14.7. The number of nitrogens with zero attached hydrogens (tertiary/aromatic N) is 2. The molecule has 1 atom stereocenters. The van der Waals surface area contributed by atoms with Gasteiger partial charge in [-0.3, -0.25) is 24.6 Å². The maximum absolute atomic E-state index is 12.3. The Labute approximate surface area is 124 Å². The molecule has 106 valence electrons. The van der Waals surface area contributed by atoms with E-state index in [-0.39, 0.29) is 46.1 Å². The van der Waals surface area contributed by atoms with Crippen molar-refractivity contribution in [2.75, 3.05) is 6.54 Å². The van der Waals surface area contributed by atoms with Crippen molar-refractivity contribution in [3.63, 3.8) is 0 Å². The van der Waals surface area contributed by atoms with Crippen LogP contribution in [0, 0.1) is 16.0 Å². The predicted octanol–water partition coefficient (Wildman–Crippen LogP) is 2.91. The molecule has 0 saturated carbocycles. The minimum absolute atomic E-state index is 0.0550. The number of rotatable bonds is 2. The highest BCUT2D eigenvalue weighted by Crippen LogP contribution is 2.32. The molecule has 1 unspecified atom stereocenters. The summed E-state index contributed by atoms with van der Waals surface area (Å²) in [6, 6.07) is 2.10. The third-order valence-corrected chi connectivity index (χ3v) is 3.82. The highest BCUT2D eigenvalue weighted by atomic mass is 35.5. The molecule has 1 aliphatic heterocycles. The molecule has 1 aromatic carbocycles. The van der Waals surface area contributed by atoms with E-state index >= 15 is 0 Å². The Morgan fingerprint density at radius 1 is 1.45 bits per heavy atom. The molecular weight excluding hydrogens is 307 g/mol. The Bertz CT molecular complexity index is 618. The first-order valence-electron chi connectivity index (χ1n) is 5.79. The Kier molecular flexibility index (Phi) is 3.96. The van der Waals surface area contributed by atoms with Gasteiger partial charge in [0.15, 0.2) is 0 Å². The largest absolute Gasteiger partial charge is 0.278 e. The SMILES string of the molecule is CC1CC(=O)N(C(=O)c2cc([N+](=O)[O-])cc(Cl)c2Cl)C1. The van der Waals surface area contributed by atoms with E-state index in [1.54, 1.807) is 0 Å². The van der Waals surface area contributed by atoms with Gasteiger partial charge in [-0.25, -0.2) is 0 Å². The minimum Gasteiger partial charge on any atom is -0.278 e. The molecule has 2 amide bonds. The van der Waals surface area contributed by atoms with E-state index in [1.807, 2.05) is 6.92 Å². The molecule has 1 fully saturated rings. The van der Waals surface area contributed by atoms with Crippen LogP contribution in [0.2, 0.25) is 10.0 Å². The highest BCUT2D eigenvalue weighted by Gasteiger charge is 2.34. The second-order valence-corrected chi connectivity index (χ2v) is 5.45. The number of nitro benzene ring substituents is 1. The first-order valence-corrected chi connectivity index (χ1v) is 6.55. The standard InChI is InChI=1S/C12H10Cl2N2O4/c1-6-2-10(17)15(5-6)12(18)8-3-7(16(19)20)4-9(13)11(8)14/h3-4,6H,2,5H2,1H3. The van der Waals surface area contributed by atoms with Crippen LogP contribution < -0.4 is 0 Å². The smallest absolute Gasteiger partial charge is 0.271 e. The van der Waals surface area contributed by atoms with E-state index in [2.05, 4.69) is 0 Å². The Morgan fingerprint density at radius 3 is 2.60 bits per heavy atom. The molecule has 1 saturated heterocycles. The number of benzene rings is 1. The third kappa shape index (κ3) is 2.62. The number of amides is 2. The lowest BCUT2D eigenvalue weighted by atomic mass is 10.1. The van der Waals surface area contributed by atoms with E-state index in [1.165, 1.54) is 0 Å². The number of halogens is 2. The van der Waals surface area contributed by atoms with Gasteiger partial charge in [0.1, 0.15) is 0 Å². The van der Waals surface area contributed by atoms with Crippen LogP contribution in [0.15, 0.2) is 12.1 Å². The monoisotopic (exact) mass is 316 g/mol. The van der Waals surface area contributed by atoms with Crippen molar-refractivity contribution >= 4 is 40.7 Å². The zero-order valence-corrected chi connectivity index (χ0v) is 11.9. The van der Waals surface area contributed by atoms with Crippen molar-refractivity contribution in [1.29, 1.82) is 0 Å². The summed E-state index contributed by atoms with van der Waals surface area (Å²) in [5.74, 6) is -0.921. The fourth-order valence-electron chi connectivity index (χ4n) is 2.06. The van der Waals surface area contributed by atoms with Gasteiger partial charge in [0.05, 0.1) is 20.5 Å². The lowest BCUT2D eigenvalue weighted by Gasteiger charge is -2.15. The Morgan fingerprint density at radius 2 is 2.10 bits per heavy atom. The van der Waals surface area contributed by atoms with E-state index in [4.69, 9.17) is 23.2 Å². The fourth-order valence-corrected chi connectivity index (χ4v) is 2.47. The van der Waals surface area contributed by atoms with Crippen LogP contribution >= 0.6 is 23.2 Å². The molecule has 0 N–H and O–H groups in total. The number of nitro groups is 1. The minimum atomic E-state index is -0.673. The second-order valence-electron chi connectivity index (χ2n) is 4.67. The molecule has 0 aromatic heterocycles. The summed E-state index contributed by atoms with van der Waals surface area (Å²) in [5.41, 5.74) is -0.476. The maximum atomic E-state index is 12.3. The molecule has 20 heavy (non-hydrogen) atoms. The van der Waals surface area contributed by atoms with Gasteiger partial charge in [-0.05, 0) is 5.92 Å². The van der Waals surface area contributed by atoms with E-state index < -0.39 is 10.8 Å². The van der Waals surface area contributed by atoms with Gasteiger partial charge in [-0.2, -0.15) is 0 Å². The van der Waals surface area contributed by atoms with Crippen LogP contribution in [0.1, 0.15) is 23.7 Å². The lowest BCUT2D eigenvalue weighted by molar-refractivity contribution is -0.384. The van der Waals surface area contributed by atoms with Gasteiger partial charge >= 0.3 is 0 Å². The van der Waals surface area contributed by atoms with E-state index in [0.29, 0.717) is 0 Å². The Balaban J connectivity index is 2.44. The molecule has 1 aliphatic rings. The molecule has 0 aliphatic carbocycles. The molecule has 8 heteroatoms. The van der Waals surface area contributed by atoms with Gasteiger partial charge < -0.3 is 0 Å². The number of carbonyl (C=O) groups excluding carboxylic acids is 2. The van der Waals surface area contributed by atoms with Gasteiger partial charge in [0.2, 0.25) is 5.91 Å². The van der Waals surface area contributed by atoms with Gasteiger partial charge in [0, 0.05) is 25.1 Å². The molecule has 1 heterocycles. The van der Waals surface area contributed by atoms with E-state index in [0.717, 1.165) is 17.0 Å². The predicted molar refractivity (Wildman–Crippen MR) is 72.9 cm³/mol. The van der Waals surface area contributed by atoms with Crippen LogP contribution in [-0.4, -0.2) is 28.2 Å². The quantitative estimate of drug-likeness (QED) is 0.477. The van der Waals surface area contributed by atoms with Crippen LogP contribution in [0.4, 0.5) is 5.69 Å². The normalized spacial score (nSPS) is 18.4. The molecule has 0 spiro atoms. The number of imide groups is 1. The van der Waals surface area contributed by atoms with Crippen LogP contribution in [0.25, 0.3) is 0 Å².